The highest BCUT2D eigenvalue weighted by Crippen LogP contribution is 2.30. The highest BCUT2D eigenvalue weighted by Gasteiger charge is 2.25. The lowest BCUT2D eigenvalue weighted by Gasteiger charge is -2.22. The van der Waals surface area contributed by atoms with Gasteiger partial charge in [0, 0.05) is 24.9 Å². The number of carbonyl (C=O) groups is 1. The summed E-state index contributed by atoms with van der Waals surface area (Å²) < 4.78 is 0. The van der Waals surface area contributed by atoms with Gasteiger partial charge in [-0.05, 0) is 54.5 Å². The quantitative estimate of drug-likeness (QED) is 0.852. The summed E-state index contributed by atoms with van der Waals surface area (Å²) in [5.74, 6) is 0.602. The van der Waals surface area contributed by atoms with Gasteiger partial charge >= 0.3 is 5.97 Å². The minimum absolute atomic E-state index is 0.734. The van der Waals surface area contributed by atoms with Crippen LogP contribution in [0.25, 0.3) is 6.08 Å². The topological polar surface area (TPSA) is 40.5 Å². The Morgan fingerprint density at radius 3 is 2.75 bits per heavy atom. The van der Waals surface area contributed by atoms with E-state index in [-0.39, 0.29) is 0 Å². The van der Waals surface area contributed by atoms with Gasteiger partial charge in [0.25, 0.3) is 0 Å². The van der Waals surface area contributed by atoms with Crippen LogP contribution in [0.5, 0.6) is 0 Å². The Hall–Kier alpha value is -1.77. The van der Waals surface area contributed by atoms with Crippen molar-refractivity contribution in [2.24, 2.45) is 11.8 Å². The van der Waals surface area contributed by atoms with Crippen molar-refractivity contribution in [3.63, 3.8) is 0 Å². The summed E-state index contributed by atoms with van der Waals surface area (Å²) in [6.45, 7) is 8.93. The van der Waals surface area contributed by atoms with Gasteiger partial charge in [-0.3, -0.25) is 0 Å². The van der Waals surface area contributed by atoms with Crippen LogP contribution < -0.4 is 4.90 Å². The SMILES string of the molecule is Cc1cc(/C=C/C(=O)O)ccc1N1CCC(C(C)C)C1. The molecule has 1 aromatic rings. The van der Waals surface area contributed by atoms with Crippen molar-refractivity contribution in [3.05, 3.63) is 35.4 Å². The molecule has 20 heavy (non-hydrogen) atoms. The predicted molar refractivity (Wildman–Crippen MR) is 83.0 cm³/mol. The minimum Gasteiger partial charge on any atom is -0.478 e. The molecule has 1 heterocycles. The van der Waals surface area contributed by atoms with E-state index >= 15 is 0 Å². The van der Waals surface area contributed by atoms with Crippen LogP contribution in [0.4, 0.5) is 5.69 Å². The number of aliphatic carboxylic acids is 1. The van der Waals surface area contributed by atoms with Crippen molar-refractivity contribution in [2.45, 2.75) is 27.2 Å². The molecular formula is C17H23NO2. The summed E-state index contributed by atoms with van der Waals surface area (Å²) >= 11 is 0. The fourth-order valence-electron chi connectivity index (χ4n) is 2.85. The molecule has 1 fully saturated rings. The van der Waals surface area contributed by atoms with Crippen LogP contribution in [0, 0.1) is 18.8 Å². The number of rotatable bonds is 4. The molecule has 1 atom stereocenters. The monoisotopic (exact) mass is 273 g/mol. The Bertz CT molecular complexity index is 520. The highest BCUT2D eigenvalue weighted by molar-refractivity contribution is 5.85. The number of benzene rings is 1. The molecule has 0 radical (unpaired) electrons. The molecule has 1 aliphatic rings. The second-order valence-electron chi connectivity index (χ2n) is 5.96. The van der Waals surface area contributed by atoms with Crippen LogP contribution in [0.3, 0.4) is 0 Å². The van der Waals surface area contributed by atoms with Crippen molar-refractivity contribution in [3.8, 4) is 0 Å². The summed E-state index contributed by atoms with van der Waals surface area (Å²) in [7, 11) is 0. The Morgan fingerprint density at radius 1 is 1.45 bits per heavy atom. The van der Waals surface area contributed by atoms with Gasteiger partial charge in [-0.15, -0.1) is 0 Å². The summed E-state index contributed by atoms with van der Waals surface area (Å²) in [5, 5.41) is 8.66. The molecule has 3 nitrogen and oxygen atoms in total. The molecule has 2 rings (SSSR count). The van der Waals surface area contributed by atoms with Gasteiger partial charge in [0.2, 0.25) is 0 Å². The zero-order valence-corrected chi connectivity index (χ0v) is 12.5. The number of anilines is 1. The van der Waals surface area contributed by atoms with E-state index in [4.69, 9.17) is 5.11 Å². The van der Waals surface area contributed by atoms with Gasteiger partial charge < -0.3 is 10.0 Å². The molecule has 0 saturated carbocycles. The molecule has 0 amide bonds. The smallest absolute Gasteiger partial charge is 0.328 e. The largest absolute Gasteiger partial charge is 0.478 e. The van der Waals surface area contributed by atoms with E-state index in [1.54, 1.807) is 6.08 Å². The van der Waals surface area contributed by atoms with E-state index in [1.807, 2.05) is 6.07 Å². The second-order valence-corrected chi connectivity index (χ2v) is 5.96. The summed E-state index contributed by atoms with van der Waals surface area (Å²) in [6.07, 6.45) is 4.08. The van der Waals surface area contributed by atoms with E-state index in [1.165, 1.54) is 23.7 Å². The van der Waals surface area contributed by atoms with Gasteiger partial charge in [-0.1, -0.05) is 19.9 Å². The summed E-state index contributed by atoms with van der Waals surface area (Å²) in [5.41, 5.74) is 3.43. The molecule has 1 saturated heterocycles. The third-order valence-corrected chi connectivity index (χ3v) is 4.15. The summed E-state index contributed by atoms with van der Waals surface area (Å²) in [4.78, 5) is 13.0. The lowest BCUT2D eigenvalue weighted by Crippen LogP contribution is -2.21. The fourth-order valence-corrected chi connectivity index (χ4v) is 2.85. The lowest BCUT2D eigenvalue weighted by molar-refractivity contribution is -0.131. The van der Waals surface area contributed by atoms with Crippen molar-refractivity contribution < 1.29 is 9.90 Å². The first kappa shape index (κ1) is 14.6. The number of hydrogen-bond acceptors (Lipinski definition) is 2. The van der Waals surface area contributed by atoms with Crippen molar-refractivity contribution in [1.82, 2.24) is 0 Å². The maximum atomic E-state index is 10.5. The Kier molecular flexibility index (Phi) is 4.48. The molecule has 1 aromatic carbocycles. The number of nitrogens with zero attached hydrogens (tertiary/aromatic N) is 1. The van der Waals surface area contributed by atoms with Crippen LogP contribution in [-0.2, 0) is 4.79 Å². The average molecular weight is 273 g/mol. The first-order chi connectivity index (χ1) is 9.47. The Balaban J connectivity index is 2.12. The normalized spacial score (nSPS) is 19.2. The van der Waals surface area contributed by atoms with E-state index in [0.29, 0.717) is 0 Å². The zero-order valence-electron chi connectivity index (χ0n) is 12.5. The Labute approximate surface area is 120 Å². The van der Waals surface area contributed by atoms with Gasteiger partial charge in [-0.2, -0.15) is 0 Å². The minimum atomic E-state index is -0.911. The van der Waals surface area contributed by atoms with E-state index in [2.05, 4.69) is 37.8 Å². The maximum absolute atomic E-state index is 10.5. The molecule has 1 N–H and O–H groups in total. The number of hydrogen-bond donors (Lipinski definition) is 1. The van der Waals surface area contributed by atoms with Crippen LogP contribution in [0.15, 0.2) is 24.3 Å². The van der Waals surface area contributed by atoms with Crippen LogP contribution in [0.1, 0.15) is 31.4 Å². The van der Waals surface area contributed by atoms with Gasteiger partial charge in [0.05, 0.1) is 0 Å². The van der Waals surface area contributed by atoms with E-state index < -0.39 is 5.97 Å². The van der Waals surface area contributed by atoms with Crippen molar-refractivity contribution in [1.29, 1.82) is 0 Å². The maximum Gasteiger partial charge on any atom is 0.328 e. The number of carboxylic acids is 1. The lowest BCUT2D eigenvalue weighted by atomic mass is 9.95. The average Bonchev–Trinajstić information content (AvgIpc) is 2.86. The standard InChI is InChI=1S/C17H23NO2/c1-12(2)15-8-9-18(11-15)16-6-4-14(10-13(16)3)5-7-17(19)20/h4-7,10,12,15H,8-9,11H2,1-3H3,(H,19,20)/b7-5+. The van der Waals surface area contributed by atoms with Crippen LogP contribution >= 0.6 is 0 Å². The molecule has 0 aliphatic carbocycles. The molecule has 0 aromatic heterocycles. The fraction of sp³-hybridized carbons (Fsp3) is 0.471. The number of aryl methyl sites for hydroxylation is 1. The second kappa shape index (κ2) is 6.12. The number of carboxylic acid groups (broad SMARTS) is 1. The van der Waals surface area contributed by atoms with Gasteiger partial charge in [-0.25, -0.2) is 4.79 Å². The highest BCUT2D eigenvalue weighted by atomic mass is 16.4. The molecule has 0 bridgehead atoms. The molecule has 3 heteroatoms. The van der Waals surface area contributed by atoms with E-state index in [9.17, 15) is 4.79 Å². The molecule has 1 aliphatic heterocycles. The first-order valence-corrected chi connectivity index (χ1v) is 7.24. The van der Waals surface area contributed by atoms with Gasteiger partial charge in [0.1, 0.15) is 0 Å². The molecule has 1 unspecified atom stereocenters. The summed E-state index contributed by atoms with van der Waals surface area (Å²) in [6, 6.07) is 6.15. The van der Waals surface area contributed by atoms with Crippen LogP contribution in [-0.4, -0.2) is 24.2 Å². The van der Waals surface area contributed by atoms with Crippen molar-refractivity contribution >= 4 is 17.7 Å². The van der Waals surface area contributed by atoms with Crippen molar-refractivity contribution in [2.75, 3.05) is 18.0 Å². The third kappa shape index (κ3) is 3.41. The van der Waals surface area contributed by atoms with Crippen LogP contribution in [0.2, 0.25) is 0 Å². The van der Waals surface area contributed by atoms with E-state index in [0.717, 1.165) is 30.5 Å². The zero-order chi connectivity index (χ0) is 14.7. The van der Waals surface area contributed by atoms with Gasteiger partial charge in [0.15, 0.2) is 0 Å². The molecule has 0 spiro atoms. The predicted octanol–water partition coefficient (Wildman–Crippen LogP) is 3.58. The molecule has 108 valence electrons. The first-order valence-electron chi connectivity index (χ1n) is 7.24. The Morgan fingerprint density at radius 2 is 2.20 bits per heavy atom. The third-order valence-electron chi connectivity index (χ3n) is 4.15. The molecular weight excluding hydrogens is 250 g/mol.